The third-order valence-corrected chi connectivity index (χ3v) is 9.25. The van der Waals surface area contributed by atoms with E-state index in [9.17, 15) is 23.5 Å². The average Bonchev–Trinajstić information content (AvgIpc) is 3.04. The number of amides is 1. The fourth-order valence-electron chi connectivity index (χ4n) is 6.54. The number of carbonyl (C=O) groups excluding carboxylic acids is 1. The molecular formula is C41H47F2N3O4. The number of carboxylic acids is 1. The zero-order valence-corrected chi connectivity index (χ0v) is 30.0. The molecule has 50 heavy (non-hydrogen) atoms. The molecule has 0 radical (unpaired) electrons. The molecule has 9 heteroatoms. The highest BCUT2D eigenvalue weighted by Gasteiger charge is 2.36. The Balaban J connectivity index is 1.56. The van der Waals surface area contributed by atoms with Crippen LogP contribution < -0.4 is 4.90 Å². The van der Waals surface area contributed by atoms with E-state index < -0.39 is 23.5 Å². The maximum atomic E-state index is 13.7. The molecule has 0 bridgehead atoms. The fraction of sp³-hybridized carbons (Fsp3) is 0.390. The summed E-state index contributed by atoms with van der Waals surface area (Å²) in [5.41, 5.74) is 5.94. The van der Waals surface area contributed by atoms with E-state index in [2.05, 4.69) is 18.7 Å². The second kappa shape index (κ2) is 14.7. The largest absolute Gasteiger partial charge is 0.479 e. The van der Waals surface area contributed by atoms with Gasteiger partial charge in [0, 0.05) is 54.3 Å². The molecule has 1 aromatic heterocycles. The van der Waals surface area contributed by atoms with Crippen molar-refractivity contribution in [3.63, 3.8) is 0 Å². The van der Waals surface area contributed by atoms with Crippen LogP contribution in [0.4, 0.5) is 14.5 Å². The minimum atomic E-state index is -1.22. The van der Waals surface area contributed by atoms with E-state index in [0.717, 1.165) is 59.6 Å². The number of aliphatic carboxylic acids is 1. The first-order chi connectivity index (χ1) is 23.5. The summed E-state index contributed by atoms with van der Waals surface area (Å²) in [6.07, 6.45) is 0.688. The van der Waals surface area contributed by atoms with Crippen molar-refractivity contribution < 1.29 is 28.2 Å². The molecule has 1 N–H and O–H groups in total. The Morgan fingerprint density at radius 3 is 1.86 bits per heavy atom. The van der Waals surface area contributed by atoms with Crippen molar-refractivity contribution in [2.24, 2.45) is 5.41 Å². The molecule has 1 aliphatic heterocycles. The highest BCUT2D eigenvalue weighted by Crippen LogP contribution is 2.45. The number of benzene rings is 3. The molecule has 1 atom stereocenters. The molecule has 5 rings (SSSR count). The normalized spacial score (nSPS) is 15.1. The van der Waals surface area contributed by atoms with Crippen LogP contribution >= 0.6 is 0 Å². The number of piperidine rings is 1. The summed E-state index contributed by atoms with van der Waals surface area (Å²) in [5, 5.41) is 10.5. The van der Waals surface area contributed by atoms with Crippen molar-refractivity contribution in [3.05, 3.63) is 118 Å². The number of carbonyl (C=O) groups is 2. The molecular weight excluding hydrogens is 636 g/mol. The van der Waals surface area contributed by atoms with Crippen LogP contribution in [-0.4, -0.2) is 45.6 Å². The Kier molecular flexibility index (Phi) is 10.8. The SMILES string of the molecule is Cc1nc(C)c([C@H](OC(C)(C)C)C(=O)O)c(N2CCC(C)(C)CC2)c1-c1ccc(CN(Cc2ccc(F)cc2)C(=O)c2ccc(F)cc2)cc1. The molecule has 3 aromatic carbocycles. The van der Waals surface area contributed by atoms with Gasteiger partial charge in [-0.05, 0) is 106 Å². The van der Waals surface area contributed by atoms with Gasteiger partial charge < -0.3 is 19.6 Å². The standard InChI is InChI=1S/C41H47F2N3O4/c1-26-34(36(45-22-20-41(6,7)21-23-45)35(27(2)44-26)37(39(48)49)50-40(3,4)5)30-12-8-28(9-13-30)24-46(25-29-10-16-32(42)17-11-29)38(47)31-14-18-33(43)19-15-31/h8-19,37H,20-25H2,1-7H3,(H,48,49)/t37-/m0/s1. The summed E-state index contributed by atoms with van der Waals surface area (Å²) in [6.45, 7) is 15.9. The van der Waals surface area contributed by atoms with Gasteiger partial charge in [0.2, 0.25) is 0 Å². The summed E-state index contributed by atoms with van der Waals surface area (Å²) >= 11 is 0. The van der Waals surface area contributed by atoms with Gasteiger partial charge in [-0.1, -0.05) is 50.2 Å². The van der Waals surface area contributed by atoms with Crippen LogP contribution in [0.2, 0.25) is 0 Å². The summed E-state index contributed by atoms with van der Waals surface area (Å²) in [4.78, 5) is 35.3. The molecule has 2 heterocycles. The van der Waals surface area contributed by atoms with Crippen molar-refractivity contribution in [1.82, 2.24) is 9.88 Å². The van der Waals surface area contributed by atoms with Crippen LogP contribution in [0.3, 0.4) is 0 Å². The molecule has 0 aliphatic carbocycles. The number of aromatic nitrogens is 1. The lowest BCUT2D eigenvalue weighted by Crippen LogP contribution is -2.39. The minimum Gasteiger partial charge on any atom is -0.479 e. The summed E-state index contributed by atoms with van der Waals surface area (Å²) < 4.78 is 33.5. The first-order valence-electron chi connectivity index (χ1n) is 17.1. The Labute approximate surface area is 293 Å². The van der Waals surface area contributed by atoms with E-state index in [-0.39, 0.29) is 30.2 Å². The van der Waals surface area contributed by atoms with Gasteiger partial charge in [-0.25, -0.2) is 13.6 Å². The number of anilines is 1. The summed E-state index contributed by atoms with van der Waals surface area (Å²) in [7, 11) is 0. The van der Waals surface area contributed by atoms with E-state index in [4.69, 9.17) is 9.72 Å². The lowest BCUT2D eigenvalue weighted by molar-refractivity contribution is -0.160. The van der Waals surface area contributed by atoms with Gasteiger partial charge >= 0.3 is 5.97 Å². The topological polar surface area (TPSA) is 83.0 Å². The molecule has 0 spiro atoms. The maximum absolute atomic E-state index is 13.7. The van der Waals surface area contributed by atoms with Crippen molar-refractivity contribution >= 4 is 17.6 Å². The van der Waals surface area contributed by atoms with Crippen LogP contribution in [0.5, 0.6) is 0 Å². The second-order valence-corrected chi connectivity index (χ2v) is 15.0. The maximum Gasteiger partial charge on any atom is 0.337 e. The molecule has 1 aliphatic rings. The van der Waals surface area contributed by atoms with Gasteiger partial charge in [0.05, 0.1) is 11.3 Å². The zero-order valence-electron chi connectivity index (χ0n) is 30.0. The molecule has 7 nitrogen and oxygen atoms in total. The Morgan fingerprint density at radius 1 is 0.860 bits per heavy atom. The van der Waals surface area contributed by atoms with E-state index in [1.54, 1.807) is 17.0 Å². The van der Waals surface area contributed by atoms with E-state index in [1.165, 1.54) is 36.4 Å². The van der Waals surface area contributed by atoms with Crippen LogP contribution in [0.1, 0.15) is 92.0 Å². The molecule has 4 aromatic rings. The molecule has 1 saturated heterocycles. The van der Waals surface area contributed by atoms with Crippen molar-refractivity contribution in [1.29, 1.82) is 0 Å². The zero-order chi connectivity index (χ0) is 36.4. The molecule has 1 fully saturated rings. The third-order valence-electron chi connectivity index (χ3n) is 9.25. The highest BCUT2D eigenvalue weighted by atomic mass is 19.1. The average molecular weight is 684 g/mol. The summed E-state index contributed by atoms with van der Waals surface area (Å²) in [6, 6.07) is 19.3. The van der Waals surface area contributed by atoms with Crippen molar-refractivity contribution in [2.75, 3.05) is 18.0 Å². The monoisotopic (exact) mass is 683 g/mol. The van der Waals surface area contributed by atoms with Crippen molar-refractivity contribution in [2.45, 2.75) is 86.1 Å². The number of nitrogens with zero attached hydrogens (tertiary/aromatic N) is 3. The second-order valence-electron chi connectivity index (χ2n) is 15.0. The molecule has 1 amide bonds. The lowest BCUT2D eigenvalue weighted by Gasteiger charge is -2.41. The number of pyridine rings is 1. The number of hydrogen-bond donors (Lipinski definition) is 1. The molecule has 0 saturated carbocycles. The minimum absolute atomic E-state index is 0.175. The number of hydrogen-bond acceptors (Lipinski definition) is 5. The number of ether oxygens (including phenoxy) is 1. The lowest BCUT2D eigenvalue weighted by atomic mass is 9.81. The fourth-order valence-corrected chi connectivity index (χ4v) is 6.54. The highest BCUT2D eigenvalue weighted by molar-refractivity contribution is 5.94. The van der Waals surface area contributed by atoms with E-state index >= 15 is 0 Å². The van der Waals surface area contributed by atoms with Gasteiger partial charge in [-0.2, -0.15) is 0 Å². The first kappa shape index (κ1) is 36.6. The number of halogens is 2. The number of aryl methyl sites for hydroxylation is 2. The predicted molar refractivity (Wildman–Crippen MR) is 192 cm³/mol. The van der Waals surface area contributed by atoms with Gasteiger partial charge in [-0.15, -0.1) is 0 Å². The van der Waals surface area contributed by atoms with Crippen LogP contribution in [-0.2, 0) is 22.6 Å². The van der Waals surface area contributed by atoms with E-state index in [1.807, 2.05) is 58.9 Å². The van der Waals surface area contributed by atoms with Crippen LogP contribution in [0.25, 0.3) is 11.1 Å². The quantitative estimate of drug-likeness (QED) is 0.180. The molecule has 0 unspecified atom stereocenters. The Hall–Kier alpha value is -4.63. The number of carboxylic acid groups (broad SMARTS) is 1. The van der Waals surface area contributed by atoms with Gasteiger partial charge in [0.1, 0.15) is 11.6 Å². The number of rotatable bonds is 10. The predicted octanol–water partition coefficient (Wildman–Crippen LogP) is 9.05. The van der Waals surface area contributed by atoms with Crippen LogP contribution in [0.15, 0.2) is 72.8 Å². The van der Waals surface area contributed by atoms with Gasteiger partial charge in [0.25, 0.3) is 5.91 Å². The van der Waals surface area contributed by atoms with Crippen molar-refractivity contribution in [3.8, 4) is 11.1 Å². The smallest absolute Gasteiger partial charge is 0.337 e. The Bertz CT molecular complexity index is 1820. The first-order valence-corrected chi connectivity index (χ1v) is 17.1. The van der Waals surface area contributed by atoms with Gasteiger partial charge in [0.15, 0.2) is 6.10 Å². The van der Waals surface area contributed by atoms with E-state index in [0.29, 0.717) is 16.8 Å². The molecule has 264 valence electrons. The Morgan fingerprint density at radius 2 is 1.36 bits per heavy atom. The van der Waals surface area contributed by atoms with Crippen LogP contribution in [0, 0.1) is 30.9 Å². The summed E-state index contributed by atoms with van der Waals surface area (Å²) in [5.74, 6) is -2.15. The third kappa shape index (κ3) is 8.74. The van der Waals surface area contributed by atoms with Gasteiger partial charge in [-0.3, -0.25) is 9.78 Å².